The first-order valence-electron chi connectivity index (χ1n) is 21.0. The van der Waals surface area contributed by atoms with Gasteiger partial charge in [-0.25, -0.2) is 19.4 Å². The Morgan fingerprint density at radius 2 is 1.34 bits per heavy atom. The molecule has 2 aromatic carbocycles. The van der Waals surface area contributed by atoms with E-state index in [1.54, 1.807) is 20.8 Å². The van der Waals surface area contributed by atoms with Gasteiger partial charge in [-0.1, -0.05) is 140 Å². The van der Waals surface area contributed by atoms with E-state index in [-0.39, 0.29) is 35.0 Å². The maximum absolute atomic E-state index is 15.8. The summed E-state index contributed by atoms with van der Waals surface area (Å²) in [5.74, 6) is -0.317. The molecular formula is C47H70N2O6Si. The number of ether oxygens (including phenoxy) is 3. The molecule has 0 saturated heterocycles. The van der Waals surface area contributed by atoms with Crippen LogP contribution in [-0.2, 0) is 19.0 Å². The third-order valence-electron chi connectivity index (χ3n) is 13.0. The molecule has 308 valence electrons. The van der Waals surface area contributed by atoms with Gasteiger partial charge in [0, 0.05) is 17.3 Å². The first-order chi connectivity index (χ1) is 26.0. The number of hydrogen-bond donors (Lipinski definition) is 0. The van der Waals surface area contributed by atoms with Crippen LogP contribution in [-0.4, -0.2) is 64.8 Å². The van der Waals surface area contributed by atoms with E-state index in [9.17, 15) is 9.59 Å². The van der Waals surface area contributed by atoms with E-state index >= 15 is 4.79 Å². The Balaban J connectivity index is 1.72. The molecule has 0 radical (unpaired) electrons. The number of amides is 2. The average Bonchev–Trinajstić information content (AvgIpc) is 3.42. The Labute approximate surface area is 338 Å². The molecule has 8 nitrogen and oxygen atoms in total. The van der Waals surface area contributed by atoms with Crippen molar-refractivity contribution in [3.63, 3.8) is 0 Å². The van der Waals surface area contributed by atoms with E-state index in [1.165, 1.54) is 21.1 Å². The Bertz CT molecular complexity index is 1680. The number of rotatable bonds is 11. The summed E-state index contributed by atoms with van der Waals surface area (Å²) in [5, 5.41) is 2.72. The third-order valence-corrected chi connectivity index (χ3v) is 15.2. The molecule has 2 amide bonds. The third kappa shape index (κ3) is 8.49. The molecular weight excluding hydrogens is 717 g/mol. The molecule has 6 atom stereocenters. The summed E-state index contributed by atoms with van der Waals surface area (Å²) in [5.41, 5.74) is -2.02. The van der Waals surface area contributed by atoms with E-state index in [0.717, 1.165) is 32.1 Å². The highest BCUT2D eigenvalue weighted by Gasteiger charge is 2.70. The molecule has 1 heterocycles. The van der Waals surface area contributed by atoms with Crippen LogP contribution in [0.1, 0.15) is 131 Å². The number of unbranched alkanes of at least 4 members (excludes halogenated alkanes) is 3. The highest BCUT2D eigenvalue weighted by atomic mass is 28.3. The fraction of sp³-hybridized carbons (Fsp3) is 0.638. The highest BCUT2D eigenvalue weighted by Crippen LogP contribution is 2.71. The smallest absolute Gasteiger partial charge is 0.430 e. The topological polar surface area (TPSA) is 85.4 Å². The van der Waals surface area contributed by atoms with Crippen molar-refractivity contribution in [3.8, 4) is 0 Å². The second-order valence-electron chi connectivity index (χ2n) is 20.5. The molecule has 1 aliphatic heterocycles. The summed E-state index contributed by atoms with van der Waals surface area (Å²) in [4.78, 5) is 45.3. The Morgan fingerprint density at radius 3 is 1.84 bits per heavy atom. The summed E-state index contributed by atoms with van der Waals surface area (Å²) >= 11 is 0. The molecule has 0 aromatic heterocycles. The van der Waals surface area contributed by atoms with Gasteiger partial charge in [0.25, 0.3) is 0 Å². The van der Waals surface area contributed by atoms with Crippen LogP contribution in [0.2, 0.25) is 19.6 Å². The number of carbonyl (C=O) groups excluding carboxylic acids is 3. The highest BCUT2D eigenvalue weighted by molar-refractivity contribution is 6.78. The first-order valence-corrected chi connectivity index (χ1v) is 24.6. The monoisotopic (exact) mass is 787 g/mol. The van der Waals surface area contributed by atoms with Gasteiger partial charge < -0.3 is 14.2 Å². The van der Waals surface area contributed by atoms with Crippen LogP contribution >= 0.6 is 0 Å². The standard InChI is InChI=1S/C47H70N2O6Si/c1-14-15-16-23-30-47(32-29-36(56(11,12)13)48(41(51)54-43(2,3)4)49(47)42(52)55-44(5,6)7)40(50)53-39-38(35-28-31-46(39,10)45(35,8)9)37(33-24-19-17-20-25-33)34-26-21-18-22-27-34/h17-22,24-27,29,32,35-39H,14-16,23,28,30-31H2,1-13H3/t35-,36+,38-,39-,46+,47-/m1/s1. The van der Waals surface area contributed by atoms with Crippen molar-refractivity contribution in [1.82, 2.24) is 10.0 Å². The molecule has 5 rings (SSSR count). The molecule has 2 saturated carbocycles. The van der Waals surface area contributed by atoms with E-state index in [2.05, 4.69) is 95.9 Å². The Hall–Kier alpha value is -3.59. The Morgan fingerprint density at radius 1 is 0.804 bits per heavy atom. The SMILES string of the molecule is CCCCCC[C@]1(C(=O)O[C@@H]2[C@@H](C(c3ccccc3)c3ccccc3)[C@H]3CC[C@]2(C)C3(C)C)C=C[C@H]([Si](C)(C)C)N(C(=O)OC(C)(C)C)N1C(=O)OC(C)(C)C. The van der Waals surface area contributed by atoms with Crippen LogP contribution in [0.4, 0.5) is 9.59 Å². The summed E-state index contributed by atoms with van der Waals surface area (Å²) in [7, 11) is -2.29. The van der Waals surface area contributed by atoms with Crippen molar-refractivity contribution in [2.24, 2.45) is 22.7 Å². The molecule has 2 bridgehead atoms. The molecule has 3 aliphatic rings. The van der Waals surface area contributed by atoms with Crippen LogP contribution in [0.25, 0.3) is 0 Å². The summed E-state index contributed by atoms with van der Waals surface area (Å²) in [6, 6.07) is 21.2. The van der Waals surface area contributed by atoms with Gasteiger partial charge in [0.2, 0.25) is 0 Å². The first kappa shape index (κ1) is 43.5. The minimum atomic E-state index is -2.29. The van der Waals surface area contributed by atoms with E-state index in [1.807, 2.05) is 45.1 Å². The quantitative estimate of drug-likeness (QED) is 0.0741. The zero-order valence-corrected chi connectivity index (χ0v) is 37.6. The van der Waals surface area contributed by atoms with Crippen molar-refractivity contribution in [1.29, 1.82) is 0 Å². The predicted octanol–water partition coefficient (Wildman–Crippen LogP) is 11.7. The van der Waals surface area contributed by atoms with Crippen molar-refractivity contribution in [2.45, 2.75) is 168 Å². The van der Waals surface area contributed by atoms with Gasteiger partial charge in [-0.2, -0.15) is 5.01 Å². The second-order valence-corrected chi connectivity index (χ2v) is 25.8. The molecule has 0 N–H and O–H groups in total. The number of fused-ring (bicyclic) bond motifs is 2. The van der Waals surface area contributed by atoms with Crippen molar-refractivity contribution in [3.05, 3.63) is 83.9 Å². The van der Waals surface area contributed by atoms with Gasteiger partial charge in [-0.3, -0.25) is 0 Å². The lowest BCUT2D eigenvalue weighted by Crippen LogP contribution is -2.72. The lowest BCUT2D eigenvalue weighted by Gasteiger charge is -2.53. The lowest BCUT2D eigenvalue weighted by atomic mass is 9.68. The number of nitrogens with zero attached hydrogens (tertiary/aromatic N) is 2. The van der Waals surface area contributed by atoms with Crippen LogP contribution in [0.3, 0.4) is 0 Å². The van der Waals surface area contributed by atoms with Crippen LogP contribution in [0, 0.1) is 22.7 Å². The van der Waals surface area contributed by atoms with Crippen LogP contribution < -0.4 is 0 Å². The van der Waals surface area contributed by atoms with Crippen LogP contribution in [0.5, 0.6) is 0 Å². The number of benzene rings is 2. The van der Waals surface area contributed by atoms with Gasteiger partial charge in [0.05, 0.1) is 13.7 Å². The molecule has 2 aliphatic carbocycles. The van der Waals surface area contributed by atoms with Gasteiger partial charge in [0.1, 0.15) is 17.3 Å². The van der Waals surface area contributed by atoms with E-state index < -0.39 is 54.7 Å². The lowest BCUT2D eigenvalue weighted by molar-refractivity contribution is -0.184. The molecule has 0 spiro atoms. The molecule has 0 unspecified atom stereocenters. The van der Waals surface area contributed by atoms with Crippen LogP contribution in [0.15, 0.2) is 72.8 Å². The fourth-order valence-corrected chi connectivity index (χ4v) is 11.5. The summed E-state index contributed by atoms with van der Waals surface area (Å²) < 4.78 is 19.4. The van der Waals surface area contributed by atoms with Crippen molar-refractivity contribution >= 4 is 26.2 Å². The zero-order valence-electron chi connectivity index (χ0n) is 36.6. The second kappa shape index (κ2) is 16.0. The van der Waals surface area contributed by atoms with Gasteiger partial charge in [0.15, 0.2) is 5.54 Å². The van der Waals surface area contributed by atoms with Gasteiger partial charge in [-0.15, -0.1) is 0 Å². The molecule has 2 aromatic rings. The fourth-order valence-electron chi connectivity index (χ4n) is 9.87. The number of carbonyl (C=O) groups is 3. The summed E-state index contributed by atoms with van der Waals surface area (Å²) in [6.07, 6.45) is 7.61. The van der Waals surface area contributed by atoms with Crippen molar-refractivity contribution < 1.29 is 28.6 Å². The predicted molar refractivity (Wildman–Crippen MR) is 227 cm³/mol. The normalized spacial score (nSPS) is 27.4. The Kier molecular flexibility index (Phi) is 12.4. The van der Waals surface area contributed by atoms with E-state index in [0.29, 0.717) is 6.42 Å². The van der Waals surface area contributed by atoms with Gasteiger partial charge >= 0.3 is 18.2 Å². The molecule has 9 heteroatoms. The number of esters is 1. The molecule has 56 heavy (non-hydrogen) atoms. The zero-order chi connectivity index (χ0) is 41.5. The molecule has 2 fully saturated rings. The van der Waals surface area contributed by atoms with E-state index in [4.69, 9.17) is 14.2 Å². The van der Waals surface area contributed by atoms with Crippen molar-refractivity contribution in [2.75, 3.05) is 0 Å². The number of hydrogen-bond acceptors (Lipinski definition) is 6. The maximum Gasteiger partial charge on any atom is 0.430 e. The minimum Gasteiger partial charge on any atom is -0.459 e. The average molecular weight is 787 g/mol. The summed E-state index contributed by atoms with van der Waals surface area (Å²) in [6.45, 7) is 26.4. The largest absolute Gasteiger partial charge is 0.459 e. The number of hydrazine groups is 1. The minimum absolute atomic E-state index is 0.0273. The van der Waals surface area contributed by atoms with Gasteiger partial charge in [-0.05, 0) is 89.3 Å². The maximum atomic E-state index is 15.8.